The first-order valence-corrected chi connectivity index (χ1v) is 11.0. The van der Waals surface area contributed by atoms with Crippen LogP contribution in [-0.4, -0.2) is 67.3 Å². The highest BCUT2D eigenvalue weighted by Crippen LogP contribution is 2.22. The van der Waals surface area contributed by atoms with Crippen molar-refractivity contribution in [3.8, 4) is 0 Å². The van der Waals surface area contributed by atoms with Gasteiger partial charge in [0.15, 0.2) is 5.78 Å². The van der Waals surface area contributed by atoms with Crippen molar-refractivity contribution < 1.29 is 9.59 Å². The van der Waals surface area contributed by atoms with Gasteiger partial charge in [-0.3, -0.25) is 14.5 Å². The number of nitrogens with zero attached hydrogens (tertiary/aromatic N) is 2. The predicted molar refractivity (Wildman–Crippen MR) is 109 cm³/mol. The van der Waals surface area contributed by atoms with E-state index in [2.05, 4.69) is 21.2 Å². The van der Waals surface area contributed by atoms with E-state index < -0.39 is 0 Å². The molecule has 27 heavy (non-hydrogen) atoms. The molecule has 3 N–H and O–H groups in total. The van der Waals surface area contributed by atoms with Gasteiger partial charge < -0.3 is 16.0 Å². The summed E-state index contributed by atoms with van der Waals surface area (Å²) in [5, 5.41) is 3.30. The Kier molecular flexibility index (Phi) is 7.81. The Morgan fingerprint density at radius 2 is 1.81 bits per heavy atom. The zero-order chi connectivity index (χ0) is 19.1. The maximum Gasteiger partial charge on any atom is 0.220 e. The number of primary amides is 1. The normalized spacial score (nSPS) is 20.0. The number of nitrogens with one attached hydrogen (secondary N) is 1. The number of thiophene rings is 1. The van der Waals surface area contributed by atoms with Gasteiger partial charge in [0.1, 0.15) is 0 Å². The minimum Gasteiger partial charge on any atom is -0.369 e. The Hall–Kier alpha value is -1.28. The lowest BCUT2D eigenvalue weighted by Crippen LogP contribution is -2.37. The third kappa shape index (κ3) is 6.38. The monoisotopic (exact) mass is 392 g/mol. The molecule has 1 amide bonds. The largest absolute Gasteiger partial charge is 0.369 e. The molecule has 0 aromatic carbocycles. The van der Waals surface area contributed by atoms with Crippen LogP contribution < -0.4 is 11.1 Å². The number of ketones is 1. The first-order valence-electron chi connectivity index (χ1n) is 10.2. The van der Waals surface area contributed by atoms with Crippen molar-refractivity contribution in [3.63, 3.8) is 0 Å². The molecule has 7 heteroatoms. The van der Waals surface area contributed by atoms with Gasteiger partial charge >= 0.3 is 0 Å². The van der Waals surface area contributed by atoms with Crippen molar-refractivity contribution in [1.82, 2.24) is 15.1 Å². The average Bonchev–Trinajstić information content (AvgIpc) is 3.15. The molecule has 1 aromatic rings. The van der Waals surface area contributed by atoms with E-state index in [1.807, 2.05) is 6.07 Å². The van der Waals surface area contributed by atoms with Gasteiger partial charge in [0.25, 0.3) is 0 Å². The van der Waals surface area contributed by atoms with Gasteiger partial charge in [-0.25, -0.2) is 0 Å². The molecular weight excluding hydrogens is 360 g/mol. The fourth-order valence-electron chi connectivity index (χ4n) is 3.92. The van der Waals surface area contributed by atoms with Crippen molar-refractivity contribution in [2.75, 3.05) is 45.8 Å². The highest BCUT2D eigenvalue weighted by Gasteiger charge is 2.23. The molecule has 3 heterocycles. The minimum absolute atomic E-state index is 0.0257. The van der Waals surface area contributed by atoms with Crippen LogP contribution in [0.15, 0.2) is 12.1 Å². The third-order valence-corrected chi connectivity index (χ3v) is 6.76. The molecule has 0 radical (unpaired) electrons. The van der Waals surface area contributed by atoms with Gasteiger partial charge in [-0.1, -0.05) is 6.42 Å². The summed E-state index contributed by atoms with van der Waals surface area (Å²) in [5.41, 5.74) is 5.39. The van der Waals surface area contributed by atoms with Crippen molar-refractivity contribution >= 4 is 23.0 Å². The van der Waals surface area contributed by atoms with Crippen molar-refractivity contribution in [3.05, 3.63) is 21.9 Å². The molecule has 0 atom stereocenters. The summed E-state index contributed by atoms with van der Waals surface area (Å²) in [5.74, 6) is 0.0292. The lowest BCUT2D eigenvalue weighted by atomic mass is 9.96. The van der Waals surface area contributed by atoms with Gasteiger partial charge in [-0.05, 0) is 64.0 Å². The molecule has 2 aliphatic rings. The standard InChI is InChI=1S/C20H32N4O2S/c21-20(26)16-6-11-24(12-7-16)15-17-4-5-19(27-17)18(25)14-22-8-13-23-9-2-1-3-10-23/h4-5,16,22H,1-3,6-15H2,(H2,21,26). The predicted octanol–water partition coefficient (Wildman–Crippen LogP) is 1.70. The number of carbonyl (C=O) groups is 2. The highest BCUT2D eigenvalue weighted by molar-refractivity contribution is 7.14. The van der Waals surface area contributed by atoms with Crippen LogP contribution in [0.5, 0.6) is 0 Å². The number of carbonyl (C=O) groups excluding carboxylic acids is 2. The number of Topliss-reactive ketones (excluding diaryl/α,β-unsaturated/α-hetero) is 1. The van der Waals surface area contributed by atoms with E-state index in [1.165, 1.54) is 37.2 Å². The van der Waals surface area contributed by atoms with Gasteiger partial charge in [-0.15, -0.1) is 11.3 Å². The number of nitrogens with two attached hydrogens (primary N) is 1. The molecule has 2 saturated heterocycles. The van der Waals surface area contributed by atoms with Gasteiger partial charge in [-0.2, -0.15) is 0 Å². The van der Waals surface area contributed by atoms with Crippen molar-refractivity contribution in [1.29, 1.82) is 0 Å². The summed E-state index contributed by atoms with van der Waals surface area (Å²) in [6, 6.07) is 4.01. The average molecular weight is 393 g/mol. The van der Waals surface area contributed by atoms with Crippen LogP contribution in [-0.2, 0) is 11.3 Å². The van der Waals surface area contributed by atoms with Crippen LogP contribution in [0.25, 0.3) is 0 Å². The fraction of sp³-hybridized carbons (Fsp3) is 0.700. The van der Waals surface area contributed by atoms with E-state index in [1.54, 1.807) is 11.3 Å². The fourth-order valence-corrected chi connectivity index (χ4v) is 4.91. The first-order chi connectivity index (χ1) is 13.1. The van der Waals surface area contributed by atoms with Crippen LogP contribution >= 0.6 is 11.3 Å². The topological polar surface area (TPSA) is 78.7 Å². The Labute approximate surface area is 166 Å². The molecule has 0 unspecified atom stereocenters. The molecule has 0 saturated carbocycles. The summed E-state index contributed by atoms with van der Waals surface area (Å²) < 4.78 is 0. The van der Waals surface area contributed by atoms with Crippen LogP contribution in [0.2, 0.25) is 0 Å². The molecule has 6 nitrogen and oxygen atoms in total. The zero-order valence-corrected chi connectivity index (χ0v) is 16.9. The van der Waals surface area contributed by atoms with E-state index >= 15 is 0 Å². The second-order valence-corrected chi connectivity index (χ2v) is 8.89. The Morgan fingerprint density at radius 1 is 1.07 bits per heavy atom. The lowest BCUT2D eigenvalue weighted by molar-refractivity contribution is -0.123. The third-order valence-electron chi connectivity index (χ3n) is 5.64. The number of likely N-dealkylation sites (tertiary alicyclic amines) is 2. The Balaban J connectivity index is 1.35. The Bertz CT molecular complexity index is 619. The molecule has 0 spiro atoms. The quantitative estimate of drug-likeness (QED) is 0.494. The van der Waals surface area contributed by atoms with Crippen molar-refractivity contribution in [2.24, 2.45) is 11.7 Å². The van der Waals surface area contributed by atoms with Gasteiger partial charge in [0.2, 0.25) is 5.91 Å². The van der Waals surface area contributed by atoms with Gasteiger partial charge in [0, 0.05) is 30.4 Å². The van der Waals surface area contributed by atoms with E-state index in [0.29, 0.717) is 6.54 Å². The van der Waals surface area contributed by atoms with E-state index in [9.17, 15) is 9.59 Å². The van der Waals surface area contributed by atoms with E-state index in [0.717, 1.165) is 50.4 Å². The molecular formula is C20H32N4O2S. The van der Waals surface area contributed by atoms with Crippen molar-refractivity contribution in [2.45, 2.75) is 38.6 Å². The maximum absolute atomic E-state index is 12.4. The zero-order valence-electron chi connectivity index (χ0n) is 16.1. The summed E-state index contributed by atoms with van der Waals surface area (Å²) in [4.78, 5) is 30.5. The SMILES string of the molecule is NC(=O)C1CCN(Cc2ccc(C(=O)CNCCN3CCCCC3)s2)CC1. The first kappa shape index (κ1) is 20.5. The molecule has 150 valence electrons. The molecule has 3 rings (SSSR count). The van der Waals surface area contributed by atoms with E-state index in [-0.39, 0.29) is 17.6 Å². The summed E-state index contributed by atoms with van der Waals surface area (Å²) in [6.07, 6.45) is 5.64. The number of rotatable bonds is 9. The number of hydrogen-bond acceptors (Lipinski definition) is 6. The van der Waals surface area contributed by atoms with Gasteiger partial charge in [0.05, 0.1) is 11.4 Å². The Morgan fingerprint density at radius 3 is 2.52 bits per heavy atom. The van der Waals surface area contributed by atoms with Crippen LogP contribution in [0.3, 0.4) is 0 Å². The number of piperidine rings is 2. The van der Waals surface area contributed by atoms with E-state index in [4.69, 9.17) is 5.73 Å². The molecule has 2 aliphatic heterocycles. The van der Waals surface area contributed by atoms with Crippen LogP contribution in [0.1, 0.15) is 46.7 Å². The molecule has 0 aliphatic carbocycles. The number of hydrogen-bond donors (Lipinski definition) is 2. The smallest absolute Gasteiger partial charge is 0.220 e. The summed E-state index contributed by atoms with van der Waals surface area (Å²) in [6.45, 7) is 7.35. The second-order valence-electron chi connectivity index (χ2n) is 7.72. The van der Waals surface area contributed by atoms with Crippen LogP contribution in [0, 0.1) is 5.92 Å². The molecule has 2 fully saturated rings. The summed E-state index contributed by atoms with van der Waals surface area (Å²) >= 11 is 1.59. The maximum atomic E-state index is 12.4. The van der Waals surface area contributed by atoms with Crippen LogP contribution in [0.4, 0.5) is 0 Å². The second kappa shape index (κ2) is 10.3. The minimum atomic E-state index is -0.175. The highest BCUT2D eigenvalue weighted by atomic mass is 32.1. The molecule has 1 aromatic heterocycles. The number of amides is 1. The molecule has 0 bridgehead atoms. The lowest BCUT2D eigenvalue weighted by Gasteiger charge is -2.29. The summed E-state index contributed by atoms with van der Waals surface area (Å²) in [7, 11) is 0.